The minimum atomic E-state index is -1.11. The lowest BCUT2D eigenvalue weighted by Gasteiger charge is -2.33. The molecule has 0 amide bonds. The molecule has 11 nitrogen and oxygen atoms in total. The molecule has 58 heavy (non-hydrogen) atoms. The summed E-state index contributed by atoms with van der Waals surface area (Å²) in [5.74, 6) is 0. The first-order valence-electron chi connectivity index (χ1n) is 20.7. The van der Waals surface area contributed by atoms with Crippen molar-refractivity contribution in [2.75, 3.05) is 43.4 Å². The molecule has 0 spiro atoms. The number of rotatable bonds is 15. The Balaban J connectivity index is 0.000000183. The number of nitrogens with zero attached hydrogens (tertiary/aromatic N) is 5. The number of carbonyl (C=O) groups is 2. The Bertz CT molecular complexity index is 2220. The molecule has 0 radical (unpaired) electrons. The average Bonchev–Trinajstić information content (AvgIpc) is 3.90. The molecule has 0 bridgehead atoms. The van der Waals surface area contributed by atoms with Crippen LogP contribution in [0.25, 0.3) is 22.1 Å². The third kappa shape index (κ3) is 10.9. The van der Waals surface area contributed by atoms with Gasteiger partial charge in [-0.2, -0.15) is 0 Å². The van der Waals surface area contributed by atoms with Crippen LogP contribution in [0.2, 0.25) is 25.7 Å². The number of aromatic nitrogens is 4. The van der Waals surface area contributed by atoms with Gasteiger partial charge in [-0.1, -0.05) is 80.3 Å². The number of ether oxygens (including phenoxy) is 1. The highest BCUT2D eigenvalue weighted by molar-refractivity contribution is 6.76. The minimum absolute atomic E-state index is 0.345. The molecule has 6 aromatic rings. The number of carbonyl (C=O) groups excluding carboxylic acids is 2. The van der Waals surface area contributed by atoms with Crippen molar-refractivity contribution >= 4 is 54.1 Å². The van der Waals surface area contributed by atoms with E-state index in [9.17, 15) is 9.59 Å². The van der Waals surface area contributed by atoms with Crippen LogP contribution in [0.4, 0.5) is 11.4 Å². The monoisotopic (exact) mass is 798 g/mol. The predicted octanol–water partition coefficient (Wildman–Crippen LogP) is 8.69. The van der Waals surface area contributed by atoms with Crippen LogP contribution >= 0.6 is 0 Å². The highest BCUT2D eigenvalue weighted by Gasteiger charge is 2.23. The number of aldehydes is 2. The summed E-state index contributed by atoms with van der Waals surface area (Å²) in [5.41, 5.74) is 7.44. The van der Waals surface area contributed by atoms with E-state index in [4.69, 9.17) is 4.74 Å². The molecule has 2 fully saturated rings. The molecule has 2 saturated heterocycles. The number of pyridine rings is 2. The van der Waals surface area contributed by atoms with Crippen molar-refractivity contribution in [2.45, 2.75) is 83.3 Å². The van der Waals surface area contributed by atoms with E-state index in [0.717, 1.165) is 124 Å². The molecule has 4 aromatic heterocycles. The number of hydrogen-bond acceptors (Lipinski definition) is 9. The fourth-order valence-electron chi connectivity index (χ4n) is 7.89. The first-order chi connectivity index (χ1) is 28.3. The van der Waals surface area contributed by atoms with Crippen LogP contribution in [0.5, 0.6) is 0 Å². The van der Waals surface area contributed by atoms with E-state index < -0.39 is 8.07 Å². The number of aromatic amines is 1. The van der Waals surface area contributed by atoms with Crippen molar-refractivity contribution in [1.82, 2.24) is 29.3 Å². The first-order valence-corrected chi connectivity index (χ1v) is 24.4. The Labute approximate surface area is 343 Å². The summed E-state index contributed by atoms with van der Waals surface area (Å²) in [6.07, 6.45) is 13.2. The quantitative estimate of drug-likeness (QED) is 0.0533. The Hall–Kier alpha value is -5.14. The van der Waals surface area contributed by atoms with E-state index in [1.165, 1.54) is 11.1 Å². The van der Waals surface area contributed by atoms with Gasteiger partial charge in [0.2, 0.25) is 0 Å². The summed E-state index contributed by atoms with van der Waals surface area (Å²) >= 11 is 0. The average molecular weight is 799 g/mol. The number of benzene rings is 2. The van der Waals surface area contributed by atoms with Crippen molar-refractivity contribution in [3.05, 3.63) is 120 Å². The standard InChI is InChI=1S/C26H36N4O2Si.C20H22N4O/c1-33(2,3)16-15-32-20-30-14-11-24-25(22(19-31)17-27-26(24)30)28-23-9-12-29(13-10-23)18-21-7-5-4-6-8-21;25-14-16-12-22-20-18(6-9-21-20)19(16)23-17-7-10-24(11-8-17)13-15-4-2-1-3-5-15/h4-8,11,14,17,19,23H,9-10,12-13,15-16,18,20H2,1-3H3,(H,27,28);1-6,9,12,14,17H,7-8,10-11,13H2,(H2,21,22,23). The first kappa shape index (κ1) is 41.0. The summed E-state index contributed by atoms with van der Waals surface area (Å²) < 4.78 is 7.96. The molecule has 0 atom stereocenters. The molecule has 304 valence electrons. The van der Waals surface area contributed by atoms with E-state index in [1.54, 1.807) is 12.4 Å². The number of likely N-dealkylation sites (tertiary alicyclic amines) is 2. The topological polar surface area (TPSA) is 120 Å². The molecular weight excluding hydrogens is 741 g/mol. The lowest BCUT2D eigenvalue weighted by Crippen LogP contribution is -2.38. The summed E-state index contributed by atoms with van der Waals surface area (Å²) in [4.78, 5) is 40.1. The normalized spacial score (nSPS) is 15.9. The van der Waals surface area contributed by atoms with Crippen LogP contribution in [0.3, 0.4) is 0 Å². The lowest BCUT2D eigenvalue weighted by molar-refractivity contribution is 0.0899. The molecule has 0 saturated carbocycles. The minimum Gasteiger partial charge on any atom is -0.381 e. The van der Waals surface area contributed by atoms with Gasteiger partial charge in [-0.05, 0) is 55.0 Å². The van der Waals surface area contributed by atoms with Crippen LogP contribution in [0.15, 0.2) is 97.6 Å². The fourth-order valence-corrected chi connectivity index (χ4v) is 8.64. The molecular formula is C46H58N8O3Si. The van der Waals surface area contributed by atoms with Crippen molar-refractivity contribution in [3.63, 3.8) is 0 Å². The maximum Gasteiger partial charge on any atom is 0.153 e. The third-order valence-electron chi connectivity index (χ3n) is 11.3. The van der Waals surface area contributed by atoms with E-state index >= 15 is 0 Å². The summed E-state index contributed by atoms with van der Waals surface area (Å²) in [5, 5.41) is 9.25. The Kier molecular flexibility index (Phi) is 13.8. The second-order valence-corrected chi connectivity index (χ2v) is 22.5. The molecule has 0 unspecified atom stereocenters. The zero-order chi connectivity index (χ0) is 40.3. The van der Waals surface area contributed by atoms with Crippen LogP contribution in [0.1, 0.15) is 57.5 Å². The SMILES string of the molecule is C[Si](C)(C)CCOCn1ccc2c(NC3CCN(Cc4ccccc4)CC3)c(C=O)cnc21.O=Cc1cnc2[nH]ccc2c1NC1CCN(Cc2ccccc2)CC1. The number of piperidine rings is 2. The fraction of sp³-hybridized carbons (Fsp3) is 0.391. The van der Waals surface area contributed by atoms with E-state index in [1.807, 2.05) is 29.1 Å². The number of anilines is 2. The second-order valence-electron chi connectivity index (χ2n) is 16.9. The maximum atomic E-state index is 11.8. The highest BCUT2D eigenvalue weighted by Crippen LogP contribution is 2.30. The Morgan fingerprint density at radius 1 is 0.724 bits per heavy atom. The van der Waals surface area contributed by atoms with Crippen LogP contribution in [-0.4, -0.2) is 94.8 Å². The number of nitrogens with one attached hydrogen (secondary N) is 3. The highest BCUT2D eigenvalue weighted by atomic mass is 28.3. The van der Waals surface area contributed by atoms with Gasteiger partial charge < -0.3 is 24.9 Å². The predicted molar refractivity (Wildman–Crippen MR) is 237 cm³/mol. The largest absolute Gasteiger partial charge is 0.381 e. The van der Waals surface area contributed by atoms with E-state index in [0.29, 0.717) is 29.9 Å². The summed E-state index contributed by atoms with van der Waals surface area (Å²) in [7, 11) is -1.11. The van der Waals surface area contributed by atoms with E-state index in [-0.39, 0.29) is 0 Å². The molecule has 2 aliphatic rings. The van der Waals surface area contributed by atoms with Gasteiger partial charge in [-0.25, -0.2) is 9.97 Å². The van der Waals surface area contributed by atoms with Crippen molar-refractivity contribution in [2.24, 2.45) is 0 Å². The van der Waals surface area contributed by atoms with Gasteiger partial charge in [0.1, 0.15) is 18.0 Å². The maximum absolute atomic E-state index is 11.8. The Morgan fingerprint density at radius 2 is 1.26 bits per heavy atom. The van der Waals surface area contributed by atoms with Crippen LogP contribution in [0, 0.1) is 0 Å². The zero-order valence-electron chi connectivity index (χ0n) is 34.2. The lowest BCUT2D eigenvalue weighted by atomic mass is 10.0. The molecule has 6 heterocycles. The molecule has 8 rings (SSSR count). The third-order valence-corrected chi connectivity index (χ3v) is 13.0. The van der Waals surface area contributed by atoms with Gasteiger partial charge in [-0.15, -0.1) is 0 Å². The van der Waals surface area contributed by atoms with Gasteiger partial charge >= 0.3 is 0 Å². The van der Waals surface area contributed by atoms with Gasteiger partial charge in [0, 0.05) is 102 Å². The smallest absolute Gasteiger partial charge is 0.153 e. The van der Waals surface area contributed by atoms with Gasteiger partial charge in [0.25, 0.3) is 0 Å². The van der Waals surface area contributed by atoms with Crippen molar-refractivity contribution in [1.29, 1.82) is 0 Å². The number of H-pyrrole nitrogens is 1. The van der Waals surface area contributed by atoms with E-state index in [2.05, 4.69) is 116 Å². The van der Waals surface area contributed by atoms with Crippen molar-refractivity contribution in [3.8, 4) is 0 Å². The molecule has 2 aliphatic heterocycles. The zero-order valence-corrected chi connectivity index (χ0v) is 35.2. The molecule has 2 aromatic carbocycles. The van der Waals surface area contributed by atoms with Crippen molar-refractivity contribution < 1.29 is 14.3 Å². The van der Waals surface area contributed by atoms with Gasteiger partial charge in [0.05, 0.1) is 22.5 Å². The number of fused-ring (bicyclic) bond motifs is 2. The summed E-state index contributed by atoms with van der Waals surface area (Å²) in [6.45, 7) is 14.5. The number of hydrogen-bond donors (Lipinski definition) is 3. The van der Waals surface area contributed by atoms with Gasteiger partial charge in [-0.3, -0.25) is 19.4 Å². The summed E-state index contributed by atoms with van der Waals surface area (Å²) in [6, 6.07) is 27.1. The Morgan fingerprint density at radius 3 is 1.79 bits per heavy atom. The second kappa shape index (κ2) is 19.5. The molecule has 3 N–H and O–H groups in total. The van der Waals surface area contributed by atoms with Crippen LogP contribution < -0.4 is 10.6 Å². The molecule has 12 heteroatoms. The van der Waals surface area contributed by atoms with Gasteiger partial charge in [0.15, 0.2) is 12.6 Å². The molecule has 0 aliphatic carbocycles. The van der Waals surface area contributed by atoms with Crippen LogP contribution in [-0.2, 0) is 24.6 Å².